The van der Waals surface area contributed by atoms with Crippen molar-refractivity contribution in [1.82, 2.24) is 10.2 Å². The van der Waals surface area contributed by atoms with Gasteiger partial charge in [-0.1, -0.05) is 31.5 Å². The lowest BCUT2D eigenvalue weighted by molar-refractivity contribution is -0.151. The SMILES string of the molecule is CCCCOC(=O)CC1C(=O)NCCN1C(=O)CN(C)c1ccccc1. The Kier molecular flexibility index (Phi) is 7.44. The zero-order chi connectivity index (χ0) is 18.9. The number of anilines is 1. The van der Waals surface area contributed by atoms with Crippen LogP contribution in [0.4, 0.5) is 5.69 Å². The van der Waals surface area contributed by atoms with Crippen LogP contribution < -0.4 is 10.2 Å². The lowest BCUT2D eigenvalue weighted by atomic mass is 10.1. The Balaban J connectivity index is 1.98. The van der Waals surface area contributed by atoms with Crippen LogP contribution in [0.25, 0.3) is 0 Å². The normalized spacial score (nSPS) is 16.8. The number of piperazine rings is 1. The van der Waals surface area contributed by atoms with E-state index >= 15 is 0 Å². The number of hydrogen-bond donors (Lipinski definition) is 1. The fourth-order valence-electron chi connectivity index (χ4n) is 2.83. The van der Waals surface area contributed by atoms with Crippen molar-refractivity contribution in [3.8, 4) is 0 Å². The Labute approximate surface area is 154 Å². The standard InChI is InChI=1S/C19H27N3O4/c1-3-4-12-26-18(24)13-16-19(25)20-10-11-22(16)17(23)14-21(2)15-8-6-5-7-9-15/h5-9,16H,3-4,10-14H2,1-2H3,(H,20,25). The molecule has 0 saturated carbocycles. The Bertz CT molecular complexity index is 620. The molecule has 1 aliphatic heterocycles. The fourth-order valence-corrected chi connectivity index (χ4v) is 2.83. The summed E-state index contributed by atoms with van der Waals surface area (Å²) in [5, 5.41) is 2.72. The summed E-state index contributed by atoms with van der Waals surface area (Å²) in [5.74, 6) is -0.938. The van der Waals surface area contributed by atoms with E-state index in [1.807, 2.05) is 49.2 Å². The molecule has 7 nitrogen and oxygen atoms in total. The lowest BCUT2D eigenvalue weighted by Gasteiger charge is -2.35. The third kappa shape index (κ3) is 5.47. The van der Waals surface area contributed by atoms with Crippen LogP contribution in [0.3, 0.4) is 0 Å². The zero-order valence-corrected chi connectivity index (χ0v) is 15.4. The molecule has 2 rings (SSSR count). The van der Waals surface area contributed by atoms with E-state index in [1.54, 1.807) is 0 Å². The molecule has 0 radical (unpaired) electrons. The minimum absolute atomic E-state index is 0.115. The van der Waals surface area contributed by atoms with Crippen molar-refractivity contribution in [3.63, 3.8) is 0 Å². The molecule has 0 aliphatic carbocycles. The number of amides is 2. The quantitative estimate of drug-likeness (QED) is 0.556. The Hall–Kier alpha value is -2.57. The molecule has 0 spiro atoms. The Morgan fingerprint density at radius 2 is 2.04 bits per heavy atom. The highest BCUT2D eigenvalue weighted by Crippen LogP contribution is 2.14. The molecule has 1 N–H and O–H groups in total. The molecule has 142 valence electrons. The van der Waals surface area contributed by atoms with Crippen molar-refractivity contribution in [3.05, 3.63) is 30.3 Å². The lowest BCUT2D eigenvalue weighted by Crippen LogP contribution is -2.59. The first-order valence-corrected chi connectivity index (χ1v) is 9.02. The monoisotopic (exact) mass is 361 g/mol. The average molecular weight is 361 g/mol. The van der Waals surface area contributed by atoms with Crippen LogP contribution in [-0.2, 0) is 19.1 Å². The maximum atomic E-state index is 12.7. The van der Waals surface area contributed by atoms with Crippen molar-refractivity contribution < 1.29 is 19.1 Å². The second-order valence-electron chi connectivity index (χ2n) is 6.36. The molecule has 1 atom stereocenters. The van der Waals surface area contributed by atoms with Crippen LogP contribution in [0.15, 0.2) is 30.3 Å². The molecule has 1 aromatic rings. The van der Waals surface area contributed by atoms with Crippen molar-refractivity contribution in [2.75, 3.05) is 38.2 Å². The third-order valence-electron chi connectivity index (χ3n) is 4.34. The molecule has 7 heteroatoms. The molecule has 0 aromatic heterocycles. The van der Waals surface area contributed by atoms with E-state index in [0.717, 1.165) is 18.5 Å². The summed E-state index contributed by atoms with van der Waals surface area (Å²) >= 11 is 0. The van der Waals surface area contributed by atoms with Gasteiger partial charge in [0.15, 0.2) is 0 Å². The van der Waals surface area contributed by atoms with Crippen LogP contribution in [0.5, 0.6) is 0 Å². The number of carbonyl (C=O) groups excluding carboxylic acids is 3. The molecule has 1 fully saturated rings. The van der Waals surface area contributed by atoms with Crippen molar-refractivity contribution in [1.29, 1.82) is 0 Å². The van der Waals surface area contributed by atoms with Gasteiger partial charge >= 0.3 is 5.97 Å². The van der Waals surface area contributed by atoms with Crippen LogP contribution in [0.1, 0.15) is 26.2 Å². The molecule has 1 aliphatic rings. The van der Waals surface area contributed by atoms with Crippen LogP contribution in [0, 0.1) is 0 Å². The van der Waals surface area contributed by atoms with E-state index < -0.39 is 12.0 Å². The van der Waals surface area contributed by atoms with Gasteiger partial charge in [0, 0.05) is 25.8 Å². The summed E-state index contributed by atoms with van der Waals surface area (Å²) in [6.07, 6.45) is 1.59. The highest BCUT2D eigenvalue weighted by atomic mass is 16.5. The molecular weight excluding hydrogens is 334 g/mol. The topological polar surface area (TPSA) is 79.0 Å². The number of unbranched alkanes of at least 4 members (excludes halogenated alkanes) is 1. The maximum Gasteiger partial charge on any atom is 0.308 e. The van der Waals surface area contributed by atoms with Gasteiger partial charge in [-0.15, -0.1) is 0 Å². The molecule has 1 saturated heterocycles. The van der Waals surface area contributed by atoms with Gasteiger partial charge in [-0.25, -0.2) is 0 Å². The van der Waals surface area contributed by atoms with E-state index in [-0.39, 0.29) is 24.8 Å². The molecule has 0 bridgehead atoms. The first-order chi connectivity index (χ1) is 12.5. The smallest absolute Gasteiger partial charge is 0.308 e. The van der Waals surface area contributed by atoms with Crippen molar-refractivity contribution in [2.45, 2.75) is 32.2 Å². The van der Waals surface area contributed by atoms with Gasteiger partial charge in [-0.05, 0) is 18.6 Å². The molecule has 2 amide bonds. The molecule has 26 heavy (non-hydrogen) atoms. The first-order valence-electron chi connectivity index (χ1n) is 9.02. The molecular formula is C19H27N3O4. The number of esters is 1. The van der Waals surface area contributed by atoms with E-state index in [4.69, 9.17) is 4.74 Å². The van der Waals surface area contributed by atoms with E-state index in [2.05, 4.69) is 5.32 Å². The van der Waals surface area contributed by atoms with E-state index in [9.17, 15) is 14.4 Å². The van der Waals surface area contributed by atoms with Gasteiger partial charge in [-0.3, -0.25) is 14.4 Å². The van der Waals surface area contributed by atoms with Gasteiger partial charge in [0.05, 0.1) is 19.6 Å². The second kappa shape index (κ2) is 9.79. The number of nitrogens with one attached hydrogen (secondary N) is 1. The van der Waals surface area contributed by atoms with E-state index in [0.29, 0.717) is 19.7 Å². The number of nitrogens with zero attached hydrogens (tertiary/aromatic N) is 2. The van der Waals surface area contributed by atoms with Crippen LogP contribution in [-0.4, -0.2) is 62.0 Å². The summed E-state index contributed by atoms with van der Waals surface area (Å²) in [5.41, 5.74) is 0.915. The van der Waals surface area contributed by atoms with Gasteiger partial charge in [0.2, 0.25) is 11.8 Å². The minimum atomic E-state index is -0.811. The summed E-state index contributed by atoms with van der Waals surface area (Å²) in [7, 11) is 1.82. The summed E-state index contributed by atoms with van der Waals surface area (Å²) < 4.78 is 5.14. The van der Waals surface area contributed by atoms with Crippen LogP contribution >= 0.6 is 0 Å². The number of carbonyl (C=O) groups is 3. The average Bonchev–Trinajstić information content (AvgIpc) is 2.64. The van der Waals surface area contributed by atoms with Gasteiger partial charge in [-0.2, -0.15) is 0 Å². The summed E-state index contributed by atoms with van der Waals surface area (Å²) in [6.45, 7) is 3.26. The summed E-state index contributed by atoms with van der Waals surface area (Å²) in [6, 6.07) is 8.74. The highest BCUT2D eigenvalue weighted by Gasteiger charge is 2.35. The molecule has 1 unspecified atom stereocenters. The molecule has 1 heterocycles. The van der Waals surface area contributed by atoms with Crippen molar-refractivity contribution >= 4 is 23.5 Å². The Morgan fingerprint density at radius 1 is 1.31 bits per heavy atom. The first kappa shape index (κ1) is 19.8. The van der Waals surface area contributed by atoms with Gasteiger partial charge in [0.25, 0.3) is 0 Å². The number of para-hydroxylation sites is 1. The maximum absolute atomic E-state index is 12.7. The fraction of sp³-hybridized carbons (Fsp3) is 0.526. The zero-order valence-electron chi connectivity index (χ0n) is 15.4. The van der Waals surface area contributed by atoms with Gasteiger partial charge < -0.3 is 19.9 Å². The van der Waals surface area contributed by atoms with Crippen LogP contribution in [0.2, 0.25) is 0 Å². The number of hydrogen-bond acceptors (Lipinski definition) is 5. The third-order valence-corrected chi connectivity index (χ3v) is 4.34. The number of rotatable bonds is 8. The number of benzene rings is 1. The highest BCUT2D eigenvalue weighted by molar-refractivity contribution is 5.93. The van der Waals surface area contributed by atoms with Crippen molar-refractivity contribution in [2.24, 2.45) is 0 Å². The Morgan fingerprint density at radius 3 is 2.73 bits per heavy atom. The largest absolute Gasteiger partial charge is 0.466 e. The van der Waals surface area contributed by atoms with E-state index in [1.165, 1.54) is 4.90 Å². The second-order valence-corrected chi connectivity index (χ2v) is 6.36. The summed E-state index contributed by atoms with van der Waals surface area (Å²) in [4.78, 5) is 40.2. The number of ether oxygens (including phenoxy) is 1. The van der Waals surface area contributed by atoms with Gasteiger partial charge in [0.1, 0.15) is 6.04 Å². The predicted octanol–water partition coefficient (Wildman–Crippen LogP) is 1.18. The molecule has 1 aromatic carbocycles. The predicted molar refractivity (Wildman–Crippen MR) is 98.7 cm³/mol. The number of likely N-dealkylation sites (N-methyl/N-ethyl adjacent to an activating group) is 1. The minimum Gasteiger partial charge on any atom is -0.466 e.